The van der Waals surface area contributed by atoms with E-state index in [0.29, 0.717) is 12.8 Å². The molecule has 1 saturated carbocycles. The molecule has 1 aliphatic carbocycles. The maximum absolute atomic E-state index is 12.6. The lowest BCUT2D eigenvalue weighted by molar-refractivity contribution is 0.0678. The largest absolute Gasteiger partial charge is 0.477 e. The molecule has 0 unspecified atom stereocenters. The van der Waals surface area contributed by atoms with E-state index in [0.717, 1.165) is 12.8 Å². The summed E-state index contributed by atoms with van der Waals surface area (Å²) in [6.45, 7) is 0. The molecule has 1 aliphatic rings. The summed E-state index contributed by atoms with van der Waals surface area (Å²) in [5.41, 5.74) is -0.524. The van der Waals surface area contributed by atoms with Crippen molar-refractivity contribution in [1.82, 2.24) is 20.6 Å². The van der Waals surface area contributed by atoms with Gasteiger partial charge in [-0.1, -0.05) is 25.0 Å². The standard InChI is InChI=1S/C20H20N4O6/c25-17(13-7-3-9-15(21-13)19(27)28)23-11-5-1-2-6-12(11)24-18(26)14-8-4-10-16(22-14)20(29)30/h3-4,7-12H,1-2,5-6H2,(H,23,25)(H,24,26)(H,27,28)(H,29,30)/t11-,12-/m1/s1. The Labute approximate surface area is 171 Å². The maximum atomic E-state index is 12.6. The molecule has 2 aromatic rings. The Hall–Kier alpha value is -3.82. The topological polar surface area (TPSA) is 159 Å². The second-order valence-corrected chi connectivity index (χ2v) is 6.87. The van der Waals surface area contributed by atoms with Crippen molar-refractivity contribution in [2.45, 2.75) is 37.8 Å². The van der Waals surface area contributed by atoms with Crippen LogP contribution in [-0.4, -0.2) is 56.0 Å². The number of nitrogens with one attached hydrogen (secondary N) is 2. The number of carbonyl (C=O) groups is 4. The van der Waals surface area contributed by atoms with E-state index in [1.165, 1.54) is 36.4 Å². The van der Waals surface area contributed by atoms with E-state index >= 15 is 0 Å². The van der Waals surface area contributed by atoms with Crippen molar-refractivity contribution < 1.29 is 29.4 Å². The minimum atomic E-state index is -1.23. The van der Waals surface area contributed by atoms with Crippen LogP contribution in [0.4, 0.5) is 0 Å². The Balaban J connectivity index is 1.70. The number of amides is 2. The first kappa shape index (κ1) is 20.9. The summed E-state index contributed by atoms with van der Waals surface area (Å²) in [4.78, 5) is 54.9. The van der Waals surface area contributed by atoms with Gasteiger partial charge in [-0.05, 0) is 37.1 Å². The quantitative estimate of drug-likeness (QED) is 0.553. The van der Waals surface area contributed by atoms with Crippen molar-refractivity contribution in [3.63, 3.8) is 0 Å². The third kappa shape index (κ3) is 4.96. The van der Waals surface area contributed by atoms with Gasteiger partial charge in [0.15, 0.2) is 0 Å². The predicted octanol–water partition coefficient (Wildman–Crippen LogP) is 1.34. The fraction of sp³-hybridized carbons (Fsp3) is 0.300. The summed E-state index contributed by atoms with van der Waals surface area (Å²) >= 11 is 0. The zero-order valence-electron chi connectivity index (χ0n) is 15.9. The van der Waals surface area contributed by atoms with E-state index in [1.54, 1.807) is 0 Å². The molecule has 4 N–H and O–H groups in total. The van der Waals surface area contributed by atoms with Gasteiger partial charge in [-0.15, -0.1) is 0 Å². The molecular formula is C20H20N4O6. The van der Waals surface area contributed by atoms with E-state index < -0.39 is 23.8 Å². The van der Waals surface area contributed by atoms with Gasteiger partial charge in [0.1, 0.15) is 22.8 Å². The summed E-state index contributed by atoms with van der Waals surface area (Å²) in [7, 11) is 0. The van der Waals surface area contributed by atoms with Crippen LogP contribution in [0, 0.1) is 0 Å². The lowest BCUT2D eigenvalue weighted by Crippen LogP contribution is -2.53. The average molecular weight is 412 g/mol. The number of carboxylic acid groups (broad SMARTS) is 2. The number of hydrogen-bond donors (Lipinski definition) is 4. The number of hydrogen-bond acceptors (Lipinski definition) is 6. The SMILES string of the molecule is O=C(O)c1cccc(C(=O)N[C@@H]2CCCC[C@H]2NC(=O)c2cccc(C(=O)O)n2)n1. The van der Waals surface area contributed by atoms with Crippen molar-refractivity contribution in [3.8, 4) is 0 Å². The highest BCUT2D eigenvalue weighted by Gasteiger charge is 2.29. The van der Waals surface area contributed by atoms with Crippen LogP contribution in [0.15, 0.2) is 36.4 Å². The van der Waals surface area contributed by atoms with Crippen LogP contribution in [0.25, 0.3) is 0 Å². The van der Waals surface area contributed by atoms with Crippen molar-refractivity contribution >= 4 is 23.8 Å². The fourth-order valence-electron chi connectivity index (χ4n) is 3.32. The normalized spacial score (nSPS) is 18.3. The molecule has 2 aromatic heterocycles. The zero-order chi connectivity index (χ0) is 21.7. The zero-order valence-corrected chi connectivity index (χ0v) is 15.9. The third-order valence-corrected chi connectivity index (χ3v) is 4.80. The Morgan fingerprint density at radius 1 is 0.700 bits per heavy atom. The highest BCUT2D eigenvalue weighted by atomic mass is 16.4. The van der Waals surface area contributed by atoms with Crippen molar-refractivity contribution in [1.29, 1.82) is 0 Å². The van der Waals surface area contributed by atoms with E-state index in [2.05, 4.69) is 20.6 Å². The number of rotatable bonds is 6. The number of carboxylic acids is 2. The molecule has 0 spiro atoms. The Bertz CT molecular complexity index is 913. The third-order valence-electron chi connectivity index (χ3n) is 4.80. The molecule has 156 valence electrons. The molecule has 0 aliphatic heterocycles. The highest BCUT2D eigenvalue weighted by Crippen LogP contribution is 2.19. The van der Waals surface area contributed by atoms with Gasteiger partial charge in [0.05, 0.1) is 0 Å². The molecule has 0 saturated heterocycles. The molecule has 10 heteroatoms. The molecule has 2 heterocycles. The minimum Gasteiger partial charge on any atom is -0.477 e. The Kier molecular flexibility index (Phi) is 6.35. The summed E-state index contributed by atoms with van der Waals surface area (Å²) in [6, 6.07) is 7.53. The summed E-state index contributed by atoms with van der Waals surface area (Å²) < 4.78 is 0. The average Bonchev–Trinajstić information content (AvgIpc) is 2.75. The summed E-state index contributed by atoms with van der Waals surface area (Å²) in [5, 5.41) is 23.7. The lowest BCUT2D eigenvalue weighted by Gasteiger charge is -2.32. The van der Waals surface area contributed by atoms with Crippen LogP contribution in [-0.2, 0) is 0 Å². The number of carbonyl (C=O) groups excluding carboxylic acids is 2. The van der Waals surface area contributed by atoms with Gasteiger partial charge in [-0.2, -0.15) is 0 Å². The van der Waals surface area contributed by atoms with E-state index in [1.807, 2.05) is 0 Å². The fourth-order valence-corrected chi connectivity index (χ4v) is 3.32. The summed E-state index contributed by atoms with van der Waals surface area (Å²) in [6.07, 6.45) is 2.95. The monoisotopic (exact) mass is 412 g/mol. The molecule has 3 rings (SSSR count). The van der Waals surface area contributed by atoms with Crippen molar-refractivity contribution in [2.24, 2.45) is 0 Å². The van der Waals surface area contributed by atoms with Gasteiger partial charge in [0.2, 0.25) is 0 Å². The number of aromatic carboxylic acids is 2. The molecule has 30 heavy (non-hydrogen) atoms. The Morgan fingerprint density at radius 2 is 1.07 bits per heavy atom. The number of nitrogens with zero attached hydrogens (tertiary/aromatic N) is 2. The van der Waals surface area contributed by atoms with Crippen LogP contribution in [0.2, 0.25) is 0 Å². The number of pyridine rings is 2. The van der Waals surface area contributed by atoms with Gasteiger partial charge >= 0.3 is 11.9 Å². The van der Waals surface area contributed by atoms with Gasteiger partial charge in [-0.25, -0.2) is 19.6 Å². The second-order valence-electron chi connectivity index (χ2n) is 6.87. The van der Waals surface area contributed by atoms with Crippen LogP contribution in [0.5, 0.6) is 0 Å². The van der Waals surface area contributed by atoms with E-state index in [-0.39, 0.29) is 34.9 Å². The van der Waals surface area contributed by atoms with Crippen LogP contribution in [0.3, 0.4) is 0 Å². The van der Waals surface area contributed by atoms with Gasteiger partial charge < -0.3 is 20.8 Å². The smallest absolute Gasteiger partial charge is 0.354 e. The first-order valence-corrected chi connectivity index (χ1v) is 9.37. The van der Waals surface area contributed by atoms with Crippen LogP contribution in [0.1, 0.15) is 67.6 Å². The highest BCUT2D eigenvalue weighted by molar-refractivity contribution is 5.95. The molecule has 2 atom stereocenters. The Morgan fingerprint density at radius 3 is 1.43 bits per heavy atom. The van der Waals surface area contributed by atoms with Crippen LogP contribution >= 0.6 is 0 Å². The van der Waals surface area contributed by atoms with E-state index in [9.17, 15) is 19.2 Å². The maximum Gasteiger partial charge on any atom is 0.354 e. The molecule has 0 bridgehead atoms. The molecule has 10 nitrogen and oxygen atoms in total. The van der Waals surface area contributed by atoms with Crippen molar-refractivity contribution in [2.75, 3.05) is 0 Å². The first-order valence-electron chi connectivity index (χ1n) is 9.37. The van der Waals surface area contributed by atoms with Gasteiger partial charge in [0.25, 0.3) is 11.8 Å². The second kappa shape index (κ2) is 9.12. The molecule has 0 radical (unpaired) electrons. The molecular weight excluding hydrogens is 392 g/mol. The van der Waals surface area contributed by atoms with Crippen molar-refractivity contribution in [3.05, 3.63) is 59.2 Å². The predicted molar refractivity (Wildman–Crippen MR) is 103 cm³/mol. The lowest BCUT2D eigenvalue weighted by atomic mass is 9.90. The number of aromatic nitrogens is 2. The van der Waals surface area contributed by atoms with Gasteiger partial charge in [0, 0.05) is 12.1 Å². The van der Waals surface area contributed by atoms with E-state index in [4.69, 9.17) is 10.2 Å². The molecule has 0 aromatic carbocycles. The molecule has 1 fully saturated rings. The first-order chi connectivity index (χ1) is 14.3. The molecule has 2 amide bonds. The minimum absolute atomic E-state index is 0.0265. The van der Waals surface area contributed by atoms with Gasteiger partial charge in [-0.3, -0.25) is 9.59 Å². The van der Waals surface area contributed by atoms with Crippen LogP contribution < -0.4 is 10.6 Å². The summed E-state index contributed by atoms with van der Waals surface area (Å²) in [5.74, 6) is -3.53.